The lowest BCUT2D eigenvalue weighted by Gasteiger charge is -2.27. The Labute approximate surface area is 90.6 Å². The van der Waals surface area contributed by atoms with E-state index in [-0.39, 0.29) is 6.10 Å². The summed E-state index contributed by atoms with van der Waals surface area (Å²) in [5.74, 6) is 0.683. The lowest BCUT2D eigenvalue weighted by atomic mass is 9.82. The molecule has 2 heteroatoms. The topological polar surface area (TPSA) is 40.5 Å². The predicted molar refractivity (Wildman–Crippen MR) is 59.8 cm³/mol. The summed E-state index contributed by atoms with van der Waals surface area (Å²) in [6.45, 7) is 0. The maximum Gasteiger partial charge on any atom is 0.118 e. The zero-order chi connectivity index (χ0) is 10.7. The number of aliphatic hydroxyl groups is 1. The van der Waals surface area contributed by atoms with Crippen LogP contribution in [0.5, 0.6) is 5.75 Å². The van der Waals surface area contributed by atoms with E-state index in [0.29, 0.717) is 11.7 Å². The van der Waals surface area contributed by atoms with E-state index in [9.17, 15) is 10.2 Å². The van der Waals surface area contributed by atoms with Gasteiger partial charge in [0.05, 0.1) is 6.10 Å². The number of aliphatic hydroxyl groups excluding tert-OH is 1. The van der Waals surface area contributed by atoms with Gasteiger partial charge in [-0.3, -0.25) is 0 Å². The van der Waals surface area contributed by atoms with E-state index >= 15 is 0 Å². The molecule has 1 aromatic carbocycles. The second-order valence-corrected chi connectivity index (χ2v) is 4.44. The number of phenols is 1. The zero-order valence-corrected chi connectivity index (χ0v) is 8.89. The highest BCUT2D eigenvalue weighted by atomic mass is 16.3. The van der Waals surface area contributed by atoms with E-state index < -0.39 is 0 Å². The number of rotatable bonds is 2. The Morgan fingerprint density at radius 3 is 2.60 bits per heavy atom. The molecule has 0 amide bonds. The van der Waals surface area contributed by atoms with Gasteiger partial charge in [-0.1, -0.05) is 31.0 Å². The minimum absolute atomic E-state index is 0.182. The SMILES string of the molecule is Oc1ccccc1C[C@@H]1CCCC[C@H]1O. The van der Waals surface area contributed by atoms with Crippen LogP contribution in [0, 0.1) is 5.92 Å². The molecular formula is C13H18O2. The summed E-state index contributed by atoms with van der Waals surface area (Å²) < 4.78 is 0. The molecule has 1 saturated carbocycles. The van der Waals surface area contributed by atoms with Gasteiger partial charge < -0.3 is 10.2 Å². The number of para-hydroxylation sites is 1. The van der Waals surface area contributed by atoms with Gasteiger partial charge in [0, 0.05) is 0 Å². The molecule has 2 atom stereocenters. The van der Waals surface area contributed by atoms with Crippen molar-refractivity contribution in [3.63, 3.8) is 0 Å². The van der Waals surface area contributed by atoms with Crippen LogP contribution in [0.25, 0.3) is 0 Å². The highest BCUT2D eigenvalue weighted by molar-refractivity contribution is 5.32. The van der Waals surface area contributed by atoms with Crippen molar-refractivity contribution in [2.45, 2.75) is 38.2 Å². The molecule has 1 aromatic rings. The Bertz CT molecular complexity index is 322. The van der Waals surface area contributed by atoms with Gasteiger partial charge in [0.1, 0.15) is 5.75 Å². The third-order valence-electron chi connectivity index (χ3n) is 3.34. The van der Waals surface area contributed by atoms with E-state index in [1.807, 2.05) is 18.2 Å². The molecule has 1 fully saturated rings. The molecule has 82 valence electrons. The summed E-state index contributed by atoms with van der Waals surface area (Å²) in [4.78, 5) is 0. The van der Waals surface area contributed by atoms with Gasteiger partial charge in [-0.05, 0) is 36.8 Å². The van der Waals surface area contributed by atoms with Gasteiger partial charge in [-0.15, -0.1) is 0 Å². The monoisotopic (exact) mass is 206 g/mol. The zero-order valence-electron chi connectivity index (χ0n) is 8.89. The molecule has 15 heavy (non-hydrogen) atoms. The molecule has 0 aromatic heterocycles. The van der Waals surface area contributed by atoms with Crippen LogP contribution in [0.4, 0.5) is 0 Å². The van der Waals surface area contributed by atoms with Gasteiger partial charge in [0.25, 0.3) is 0 Å². The fourth-order valence-corrected chi connectivity index (χ4v) is 2.39. The van der Waals surface area contributed by atoms with E-state index in [1.54, 1.807) is 6.07 Å². The normalized spacial score (nSPS) is 26.5. The molecule has 0 radical (unpaired) electrons. The van der Waals surface area contributed by atoms with Crippen LogP contribution in [0.2, 0.25) is 0 Å². The molecular weight excluding hydrogens is 188 g/mol. The average molecular weight is 206 g/mol. The van der Waals surface area contributed by atoms with E-state index in [4.69, 9.17) is 0 Å². The van der Waals surface area contributed by atoms with Crippen LogP contribution in [0.15, 0.2) is 24.3 Å². The Morgan fingerprint density at radius 1 is 1.13 bits per heavy atom. The molecule has 2 rings (SSSR count). The van der Waals surface area contributed by atoms with Crippen LogP contribution in [-0.2, 0) is 6.42 Å². The minimum atomic E-state index is -0.182. The Kier molecular flexibility index (Phi) is 3.27. The van der Waals surface area contributed by atoms with Crippen LogP contribution < -0.4 is 0 Å². The minimum Gasteiger partial charge on any atom is -0.508 e. The van der Waals surface area contributed by atoms with Crippen molar-refractivity contribution in [1.29, 1.82) is 0 Å². The number of hydrogen-bond acceptors (Lipinski definition) is 2. The Morgan fingerprint density at radius 2 is 1.87 bits per heavy atom. The van der Waals surface area contributed by atoms with Crippen LogP contribution in [0.1, 0.15) is 31.2 Å². The molecule has 0 heterocycles. The maximum atomic E-state index is 9.84. The molecule has 2 nitrogen and oxygen atoms in total. The highest BCUT2D eigenvalue weighted by Gasteiger charge is 2.23. The van der Waals surface area contributed by atoms with Crippen molar-refractivity contribution in [1.82, 2.24) is 0 Å². The molecule has 1 aliphatic carbocycles. The number of aromatic hydroxyl groups is 1. The van der Waals surface area contributed by atoms with Crippen LogP contribution in [0.3, 0.4) is 0 Å². The van der Waals surface area contributed by atoms with Crippen molar-refractivity contribution in [3.05, 3.63) is 29.8 Å². The summed E-state index contributed by atoms with van der Waals surface area (Å²) in [5, 5.41) is 19.5. The smallest absolute Gasteiger partial charge is 0.118 e. The number of benzene rings is 1. The molecule has 2 N–H and O–H groups in total. The lowest BCUT2D eigenvalue weighted by molar-refractivity contribution is 0.0697. The summed E-state index contributed by atoms with van der Waals surface area (Å²) in [6, 6.07) is 7.42. The molecule has 1 aliphatic rings. The molecule has 0 aliphatic heterocycles. The third kappa shape index (κ3) is 2.51. The molecule has 0 bridgehead atoms. The van der Waals surface area contributed by atoms with Crippen molar-refractivity contribution in [2.75, 3.05) is 0 Å². The third-order valence-corrected chi connectivity index (χ3v) is 3.34. The van der Waals surface area contributed by atoms with Gasteiger partial charge in [-0.2, -0.15) is 0 Å². The van der Waals surface area contributed by atoms with Crippen molar-refractivity contribution in [3.8, 4) is 5.75 Å². The predicted octanol–water partition coefficient (Wildman–Crippen LogP) is 2.49. The van der Waals surface area contributed by atoms with Gasteiger partial charge in [0.2, 0.25) is 0 Å². The maximum absolute atomic E-state index is 9.84. The highest BCUT2D eigenvalue weighted by Crippen LogP contribution is 2.29. The molecule has 0 saturated heterocycles. The summed E-state index contributed by atoms with van der Waals surface area (Å²) in [6.07, 6.45) is 4.95. The first kappa shape index (κ1) is 10.5. The lowest BCUT2D eigenvalue weighted by Crippen LogP contribution is -2.26. The first-order chi connectivity index (χ1) is 7.27. The summed E-state index contributed by atoms with van der Waals surface area (Å²) in [5.41, 5.74) is 0.962. The number of phenolic OH excluding ortho intramolecular Hbond substituents is 1. The van der Waals surface area contributed by atoms with Crippen molar-refractivity contribution >= 4 is 0 Å². The van der Waals surface area contributed by atoms with E-state index in [1.165, 1.54) is 6.42 Å². The standard InChI is InChI=1S/C13H18O2/c14-12-7-3-1-5-10(12)9-11-6-2-4-8-13(11)15/h1,3,5,7,11,13-15H,2,4,6,8-9H2/t11-,13+/m0/s1. The van der Waals surface area contributed by atoms with Gasteiger partial charge >= 0.3 is 0 Å². The van der Waals surface area contributed by atoms with E-state index in [0.717, 1.165) is 31.2 Å². The summed E-state index contributed by atoms with van der Waals surface area (Å²) in [7, 11) is 0. The van der Waals surface area contributed by atoms with Crippen molar-refractivity contribution < 1.29 is 10.2 Å². The first-order valence-corrected chi connectivity index (χ1v) is 5.72. The quantitative estimate of drug-likeness (QED) is 0.780. The largest absolute Gasteiger partial charge is 0.508 e. The van der Waals surface area contributed by atoms with Gasteiger partial charge in [-0.25, -0.2) is 0 Å². The fourth-order valence-electron chi connectivity index (χ4n) is 2.39. The second kappa shape index (κ2) is 4.67. The fraction of sp³-hybridized carbons (Fsp3) is 0.538. The van der Waals surface area contributed by atoms with E-state index in [2.05, 4.69) is 0 Å². The van der Waals surface area contributed by atoms with Gasteiger partial charge in [0.15, 0.2) is 0 Å². The average Bonchev–Trinajstić information content (AvgIpc) is 2.24. The van der Waals surface area contributed by atoms with Crippen LogP contribution >= 0.6 is 0 Å². The van der Waals surface area contributed by atoms with Crippen molar-refractivity contribution in [2.24, 2.45) is 5.92 Å². The summed E-state index contributed by atoms with van der Waals surface area (Å²) >= 11 is 0. The second-order valence-electron chi connectivity index (χ2n) is 4.44. The Balaban J connectivity index is 2.04. The number of hydrogen-bond donors (Lipinski definition) is 2. The first-order valence-electron chi connectivity index (χ1n) is 5.72. The molecule has 0 unspecified atom stereocenters. The molecule has 0 spiro atoms. The Hall–Kier alpha value is -1.02. The van der Waals surface area contributed by atoms with Crippen LogP contribution in [-0.4, -0.2) is 16.3 Å².